The van der Waals surface area contributed by atoms with Gasteiger partial charge < -0.3 is 10.6 Å². The van der Waals surface area contributed by atoms with Gasteiger partial charge in [-0.05, 0) is 45.7 Å². The standard InChI is InChI=1S/C18H24N4O/c1-6-13(4)19-17-10-16(20-14(5)21-17)18(23)22-15-8-7-11(2)9-12(15)3/h7-10,13H,6H2,1-5H3,(H,22,23)(H,19,20,21). The number of nitrogens with zero attached hydrogens (tertiary/aromatic N) is 2. The van der Waals surface area contributed by atoms with E-state index in [1.54, 1.807) is 13.0 Å². The first kappa shape index (κ1) is 16.9. The molecule has 0 aliphatic carbocycles. The highest BCUT2D eigenvalue weighted by Gasteiger charge is 2.12. The molecule has 0 spiro atoms. The summed E-state index contributed by atoms with van der Waals surface area (Å²) in [5.74, 6) is 1.02. The van der Waals surface area contributed by atoms with Crippen LogP contribution in [0.15, 0.2) is 24.3 Å². The zero-order valence-electron chi connectivity index (χ0n) is 14.4. The number of aromatic nitrogens is 2. The van der Waals surface area contributed by atoms with E-state index in [4.69, 9.17) is 0 Å². The lowest BCUT2D eigenvalue weighted by atomic mass is 10.1. The molecule has 1 aromatic carbocycles. The fourth-order valence-corrected chi connectivity index (χ4v) is 2.25. The van der Waals surface area contributed by atoms with Crippen molar-refractivity contribution in [1.82, 2.24) is 9.97 Å². The van der Waals surface area contributed by atoms with E-state index >= 15 is 0 Å². The number of benzene rings is 1. The van der Waals surface area contributed by atoms with E-state index in [1.165, 1.54) is 5.56 Å². The van der Waals surface area contributed by atoms with Gasteiger partial charge in [0.2, 0.25) is 0 Å². The summed E-state index contributed by atoms with van der Waals surface area (Å²) in [5.41, 5.74) is 3.36. The third-order valence-corrected chi connectivity index (χ3v) is 3.71. The quantitative estimate of drug-likeness (QED) is 0.879. The minimum Gasteiger partial charge on any atom is -0.368 e. The highest BCUT2D eigenvalue weighted by Crippen LogP contribution is 2.17. The second kappa shape index (κ2) is 7.22. The molecule has 0 aliphatic rings. The summed E-state index contributed by atoms with van der Waals surface area (Å²) in [6.07, 6.45) is 0.979. The highest BCUT2D eigenvalue weighted by molar-refractivity contribution is 6.03. The molecule has 122 valence electrons. The van der Waals surface area contributed by atoms with Crippen molar-refractivity contribution in [2.24, 2.45) is 0 Å². The maximum atomic E-state index is 12.5. The van der Waals surface area contributed by atoms with Crippen LogP contribution < -0.4 is 10.6 Å². The van der Waals surface area contributed by atoms with E-state index in [9.17, 15) is 4.79 Å². The van der Waals surface area contributed by atoms with Crippen molar-refractivity contribution >= 4 is 17.4 Å². The van der Waals surface area contributed by atoms with E-state index in [1.807, 2.05) is 32.0 Å². The number of carbonyl (C=O) groups excluding carboxylic acids is 1. The molecule has 1 heterocycles. The fraction of sp³-hybridized carbons (Fsp3) is 0.389. The predicted octanol–water partition coefficient (Wildman–Crippen LogP) is 3.86. The molecule has 1 aromatic heterocycles. The monoisotopic (exact) mass is 312 g/mol. The Kier molecular flexibility index (Phi) is 5.32. The van der Waals surface area contributed by atoms with Crippen molar-refractivity contribution in [3.05, 3.63) is 46.9 Å². The lowest BCUT2D eigenvalue weighted by Crippen LogP contribution is -2.19. The third kappa shape index (κ3) is 4.52. The average Bonchev–Trinajstić information content (AvgIpc) is 2.49. The van der Waals surface area contributed by atoms with Gasteiger partial charge in [-0.1, -0.05) is 24.6 Å². The minimum absolute atomic E-state index is 0.227. The first-order chi connectivity index (χ1) is 10.9. The van der Waals surface area contributed by atoms with Gasteiger partial charge in [0.25, 0.3) is 5.91 Å². The number of nitrogens with one attached hydrogen (secondary N) is 2. The number of anilines is 2. The summed E-state index contributed by atoms with van der Waals surface area (Å²) in [6.45, 7) is 9.96. The summed E-state index contributed by atoms with van der Waals surface area (Å²) >= 11 is 0. The van der Waals surface area contributed by atoms with Crippen LogP contribution in [0.25, 0.3) is 0 Å². The van der Waals surface area contributed by atoms with E-state index in [0.717, 1.165) is 17.7 Å². The van der Waals surface area contributed by atoms with Crippen LogP contribution in [0.2, 0.25) is 0 Å². The van der Waals surface area contributed by atoms with Crippen molar-refractivity contribution in [3.8, 4) is 0 Å². The second-order valence-corrected chi connectivity index (χ2v) is 5.91. The van der Waals surface area contributed by atoms with Crippen molar-refractivity contribution in [2.45, 2.75) is 47.1 Å². The molecule has 0 saturated carbocycles. The molecule has 2 N–H and O–H groups in total. The van der Waals surface area contributed by atoms with Crippen LogP contribution in [-0.2, 0) is 0 Å². The predicted molar refractivity (Wildman–Crippen MR) is 94.0 cm³/mol. The summed E-state index contributed by atoms with van der Waals surface area (Å²) in [7, 11) is 0. The average molecular weight is 312 g/mol. The Morgan fingerprint density at radius 1 is 1.17 bits per heavy atom. The Labute approximate surface area is 137 Å². The Morgan fingerprint density at radius 2 is 1.91 bits per heavy atom. The van der Waals surface area contributed by atoms with E-state index in [0.29, 0.717) is 23.4 Å². The van der Waals surface area contributed by atoms with E-state index in [2.05, 4.69) is 34.4 Å². The topological polar surface area (TPSA) is 66.9 Å². The highest BCUT2D eigenvalue weighted by atomic mass is 16.1. The van der Waals surface area contributed by atoms with Crippen LogP contribution in [0.3, 0.4) is 0 Å². The van der Waals surface area contributed by atoms with Crippen molar-refractivity contribution in [3.63, 3.8) is 0 Å². The smallest absolute Gasteiger partial charge is 0.274 e. The SMILES string of the molecule is CCC(C)Nc1cc(C(=O)Nc2ccc(C)cc2C)nc(C)n1. The molecule has 5 nitrogen and oxygen atoms in total. The molecule has 5 heteroatoms. The Morgan fingerprint density at radius 3 is 2.57 bits per heavy atom. The largest absolute Gasteiger partial charge is 0.368 e. The van der Waals surface area contributed by atoms with Gasteiger partial charge in [-0.3, -0.25) is 4.79 Å². The van der Waals surface area contributed by atoms with Crippen LogP contribution in [0.1, 0.15) is 47.7 Å². The molecule has 23 heavy (non-hydrogen) atoms. The third-order valence-electron chi connectivity index (χ3n) is 3.71. The molecule has 0 aliphatic heterocycles. The Hall–Kier alpha value is -2.43. The molecule has 0 radical (unpaired) electrons. The molecule has 2 aromatic rings. The summed E-state index contributed by atoms with van der Waals surface area (Å²) in [5, 5.41) is 6.20. The molecule has 0 fully saturated rings. The van der Waals surface area contributed by atoms with Crippen LogP contribution in [0.5, 0.6) is 0 Å². The van der Waals surface area contributed by atoms with Gasteiger partial charge in [-0.25, -0.2) is 9.97 Å². The molecular formula is C18H24N4O. The van der Waals surface area contributed by atoms with Gasteiger partial charge in [0.1, 0.15) is 17.3 Å². The van der Waals surface area contributed by atoms with Gasteiger partial charge in [-0.15, -0.1) is 0 Å². The fourth-order valence-electron chi connectivity index (χ4n) is 2.25. The number of carbonyl (C=O) groups is 1. The zero-order valence-corrected chi connectivity index (χ0v) is 14.4. The molecule has 2 rings (SSSR count). The lowest BCUT2D eigenvalue weighted by molar-refractivity contribution is 0.102. The minimum atomic E-state index is -0.227. The first-order valence-electron chi connectivity index (χ1n) is 7.90. The van der Waals surface area contributed by atoms with Crippen LogP contribution >= 0.6 is 0 Å². The maximum Gasteiger partial charge on any atom is 0.274 e. The Balaban J connectivity index is 2.21. The number of rotatable bonds is 5. The van der Waals surface area contributed by atoms with E-state index in [-0.39, 0.29) is 5.91 Å². The number of aryl methyl sites for hydroxylation is 3. The van der Waals surface area contributed by atoms with Gasteiger partial charge in [0.15, 0.2) is 0 Å². The molecule has 1 atom stereocenters. The van der Waals surface area contributed by atoms with Crippen LogP contribution in [0.4, 0.5) is 11.5 Å². The zero-order chi connectivity index (χ0) is 17.0. The number of hydrogen-bond acceptors (Lipinski definition) is 4. The number of amides is 1. The first-order valence-corrected chi connectivity index (χ1v) is 7.90. The summed E-state index contributed by atoms with van der Waals surface area (Å²) in [4.78, 5) is 21.1. The van der Waals surface area contributed by atoms with Crippen molar-refractivity contribution in [2.75, 3.05) is 10.6 Å². The molecule has 1 unspecified atom stereocenters. The van der Waals surface area contributed by atoms with Gasteiger partial charge >= 0.3 is 0 Å². The van der Waals surface area contributed by atoms with Gasteiger partial charge in [-0.2, -0.15) is 0 Å². The van der Waals surface area contributed by atoms with Crippen molar-refractivity contribution < 1.29 is 4.79 Å². The molecule has 1 amide bonds. The summed E-state index contributed by atoms with van der Waals surface area (Å²) < 4.78 is 0. The summed E-state index contributed by atoms with van der Waals surface area (Å²) in [6, 6.07) is 7.91. The maximum absolute atomic E-state index is 12.5. The van der Waals surface area contributed by atoms with Crippen molar-refractivity contribution in [1.29, 1.82) is 0 Å². The normalized spacial score (nSPS) is 11.9. The van der Waals surface area contributed by atoms with Gasteiger partial charge in [0.05, 0.1) is 0 Å². The van der Waals surface area contributed by atoms with E-state index < -0.39 is 0 Å². The lowest BCUT2D eigenvalue weighted by Gasteiger charge is -2.14. The molecule has 0 bridgehead atoms. The van der Waals surface area contributed by atoms with Crippen LogP contribution in [-0.4, -0.2) is 21.9 Å². The molecular weight excluding hydrogens is 288 g/mol. The second-order valence-electron chi connectivity index (χ2n) is 5.91. The molecule has 0 saturated heterocycles. The Bertz CT molecular complexity index is 712. The van der Waals surface area contributed by atoms with Crippen LogP contribution in [0, 0.1) is 20.8 Å². The number of hydrogen-bond donors (Lipinski definition) is 2. The van der Waals surface area contributed by atoms with Gasteiger partial charge in [0, 0.05) is 17.8 Å².